The maximum atomic E-state index is 6.02. The second kappa shape index (κ2) is 5.35. The fourth-order valence-corrected chi connectivity index (χ4v) is 2.76. The predicted molar refractivity (Wildman–Crippen MR) is 69.9 cm³/mol. The minimum absolute atomic E-state index is 0.294. The Morgan fingerprint density at radius 3 is 2.88 bits per heavy atom. The highest BCUT2D eigenvalue weighted by Crippen LogP contribution is 2.37. The molecule has 1 atom stereocenters. The monoisotopic (exact) mass is 291 g/mol. The molecule has 0 aliphatic heterocycles. The molecular weight excluding hydrogens is 281 g/mol. The third kappa shape index (κ3) is 2.98. The van der Waals surface area contributed by atoms with E-state index < -0.39 is 0 Å². The molecule has 2 heterocycles. The molecule has 2 aromatic heterocycles. The molecule has 0 aliphatic carbocycles. The van der Waals surface area contributed by atoms with Crippen molar-refractivity contribution in [2.45, 2.75) is 19.4 Å². The van der Waals surface area contributed by atoms with Crippen molar-refractivity contribution in [1.29, 1.82) is 0 Å². The van der Waals surface area contributed by atoms with Crippen LogP contribution in [0.1, 0.15) is 12.7 Å². The summed E-state index contributed by atoms with van der Waals surface area (Å²) in [5.41, 5.74) is 0.692. The molecule has 0 saturated heterocycles. The maximum Gasteiger partial charge on any atom is 0.260 e. The van der Waals surface area contributed by atoms with E-state index in [4.69, 9.17) is 27.7 Å². The first-order valence-corrected chi connectivity index (χ1v) is 6.62. The minimum Gasteiger partial charge on any atom is -0.334 e. The van der Waals surface area contributed by atoms with Gasteiger partial charge < -0.3 is 9.84 Å². The molecule has 17 heavy (non-hydrogen) atoms. The van der Waals surface area contributed by atoms with Crippen molar-refractivity contribution in [3.05, 3.63) is 20.6 Å². The number of halogens is 2. The summed E-state index contributed by atoms with van der Waals surface area (Å²) >= 11 is 13.2. The van der Waals surface area contributed by atoms with Crippen molar-refractivity contribution in [2.24, 2.45) is 0 Å². The molecule has 0 amide bonds. The second-order valence-electron chi connectivity index (χ2n) is 3.65. The first-order valence-electron chi connectivity index (χ1n) is 5.05. The Morgan fingerprint density at radius 1 is 1.53 bits per heavy atom. The average molecular weight is 292 g/mol. The average Bonchev–Trinajstić information content (AvgIpc) is 2.85. The highest BCUT2D eigenvalue weighted by atomic mass is 35.5. The number of hydrogen-bond donors (Lipinski definition) is 1. The highest BCUT2D eigenvalue weighted by molar-refractivity contribution is 7.20. The van der Waals surface area contributed by atoms with Crippen molar-refractivity contribution in [3.63, 3.8) is 0 Å². The summed E-state index contributed by atoms with van der Waals surface area (Å²) < 4.78 is 6.33. The van der Waals surface area contributed by atoms with Crippen molar-refractivity contribution in [1.82, 2.24) is 15.5 Å². The lowest BCUT2D eigenvalue weighted by atomic mass is 10.2. The van der Waals surface area contributed by atoms with Crippen molar-refractivity contribution in [3.8, 4) is 11.5 Å². The lowest BCUT2D eigenvalue weighted by Gasteiger charge is -2.04. The first kappa shape index (κ1) is 12.8. The van der Waals surface area contributed by atoms with Gasteiger partial charge in [-0.1, -0.05) is 28.4 Å². The molecule has 2 rings (SSSR count). The van der Waals surface area contributed by atoms with E-state index in [2.05, 4.69) is 15.5 Å². The van der Waals surface area contributed by atoms with Crippen molar-refractivity contribution < 1.29 is 4.52 Å². The predicted octanol–water partition coefficient (Wildman–Crippen LogP) is 3.26. The van der Waals surface area contributed by atoms with Gasteiger partial charge >= 0.3 is 0 Å². The Kier molecular flexibility index (Phi) is 4.04. The molecular formula is C10H11Cl2N3OS. The quantitative estimate of drug-likeness (QED) is 0.939. The van der Waals surface area contributed by atoms with Crippen LogP contribution in [0.15, 0.2) is 10.6 Å². The third-order valence-electron chi connectivity index (χ3n) is 2.34. The summed E-state index contributed by atoms with van der Waals surface area (Å²) in [5, 5.41) is 7.02. The van der Waals surface area contributed by atoms with Gasteiger partial charge in [-0.2, -0.15) is 4.98 Å². The molecule has 1 N–H and O–H groups in total. The standard InChI is InChI=1S/C10H11Cl2N3OS/c1-5(13-2)3-8-14-10(16-15-8)6-4-7(11)17-9(6)12/h4-5,13H,3H2,1-2H3. The number of nitrogens with zero attached hydrogens (tertiary/aromatic N) is 2. The van der Waals surface area contributed by atoms with Crippen LogP contribution < -0.4 is 5.32 Å². The molecule has 0 spiro atoms. The number of nitrogens with one attached hydrogen (secondary N) is 1. The first-order chi connectivity index (χ1) is 8.10. The molecule has 0 bridgehead atoms. The Bertz CT molecular complexity index is 511. The minimum atomic E-state index is 0.294. The smallest absolute Gasteiger partial charge is 0.260 e. The van der Waals surface area contributed by atoms with Crippen LogP contribution in [0.3, 0.4) is 0 Å². The van der Waals surface area contributed by atoms with Gasteiger partial charge in [0.05, 0.1) is 9.90 Å². The molecule has 92 valence electrons. The van der Waals surface area contributed by atoms with Crippen LogP contribution >= 0.6 is 34.5 Å². The summed E-state index contributed by atoms with van der Waals surface area (Å²) in [4.78, 5) is 4.29. The fraction of sp³-hybridized carbons (Fsp3) is 0.400. The van der Waals surface area contributed by atoms with Crippen LogP contribution in [0.2, 0.25) is 8.67 Å². The maximum absolute atomic E-state index is 6.02. The number of thiophene rings is 1. The Hall–Kier alpha value is -0.620. The van der Waals surface area contributed by atoms with E-state index in [1.807, 2.05) is 14.0 Å². The molecule has 2 aromatic rings. The SMILES string of the molecule is CNC(C)Cc1noc(-c2cc(Cl)sc2Cl)n1. The molecule has 0 saturated carbocycles. The van der Waals surface area contributed by atoms with E-state index in [0.717, 1.165) is 0 Å². The Balaban J connectivity index is 2.21. The number of hydrogen-bond acceptors (Lipinski definition) is 5. The summed E-state index contributed by atoms with van der Waals surface area (Å²) in [5.74, 6) is 1.07. The Morgan fingerprint density at radius 2 is 2.29 bits per heavy atom. The highest BCUT2D eigenvalue weighted by Gasteiger charge is 2.16. The lowest BCUT2D eigenvalue weighted by molar-refractivity contribution is 0.418. The van der Waals surface area contributed by atoms with Gasteiger partial charge in [-0.3, -0.25) is 0 Å². The van der Waals surface area contributed by atoms with Crippen molar-refractivity contribution in [2.75, 3.05) is 7.05 Å². The van der Waals surface area contributed by atoms with Crippen LogP contribution in [0.4, 0.5) is 0 Å². The van der Waals surface area contributed by atoms with E-state index in [0.29, 0.717) is 38.4 Å². The summed E-state index contributed by atoms with van der Waals surface area (Å²) in [6, 6.07) is 2.02. The molecule has 0 radical (unpaired) electrons. The molecule has 0 aliphatic rings. The lowest BCUT2D eigenvalue weighted by Crippen LogP contribution is -2.24. The molecule has 4 nitrogen and oxygen atoms in total. The number of aromatic nitrogens is 2. The van der Waals surface area contributed by atoms with Crippen LogP contribution in [0, 0.1) is 0 Å². The van der Waals surface area contributed by atoms with Gasteiger partial charge in [0.15, 0.2) is 5.82 Å². The summed E-state index contributed by atoms with van der Waals surface area (Å²) in [6.07, 6.45) is 0.704. The van der Waals surface area contributed by atoms with E-state index in [-0.39, 0.29) is 0 Å². The molecule has 1 unspecified atom stereocenters. The van der Waals surface area contributed by atoms with E-state index in [9.17, 15) is 0 Å². The van der Waals surface area contributed by atoms with Gasteiger partial charge in [0, 0.05) is 12.5 Å². The van der Waals surface area contributed by atoms with Crippen LogP contribution in [0.5, 0.6) is 0 Å². The zero-order chi connectivity index (χ0) is 12.4. The van der Waals surface area contributed by atoms with Crippen molar-refractivity contribution >= 4 is 34.5 Å². The van der Waals surface area contributed by atoms with E-state index in [1.165, 1.54) is 11.3 Å². The molecule has 0 aromatic carbocycles. The van der Waals surface area contributed by atoms with Crippen LogP contribution in [-0.2, 0) is 6.42 Å². The fourth-order valence-electron chi connectivity index (χ4n) is 1.31. The van der Waals surface area contributed by atoms with Gasteiger partial charge in [0.2, 0.25) is 0 Å². The molecule has 7 heteroatoms. The van der Waals surface area contributed by atoms with Gasteiger partial charge in [-0.25, -0.2) is 0 Å². The zero-order valence-corrected chi connectivity index (χ0v) is 11.7. The van der Waals surface area contributed by atoms with E-state index in [1.54, 1.807) is 6.07 Å². The summed E-state index contributed by atoms with van der Waals surface area (Å²) in [7, 11) is 1.89. The van der Waals surface area contributed by atoms with Crippen LogP contribution in [0.25, 0.3) is 11.5 Å². The summed E-state index contributed by atoms with van der Waals surface area (Å²) in [6.45, 7) is 2.05. The van der Waals surface area contributed by atoms with Gasteiger partial charge in [0.25, 0.3) is 5.89 Å². The normalized spacial score (nSPS) is 12.9. The largest absolute Gasteiger partial charge is 0.334 e. The molecule has 0 fully saturated rings. The second-order valence-corrected chi connectivity index (χ2v) is 5.93. The Labute approximate surface area is 113 Å². The topological polar surface area (TPSA) is 51.0 Å². The van der Waals surface area contributed by atoms with Gasteiger partial charge in [0.1, 0.15) is 4.34 Å². The van der Waals surface area contributed by atoms with Gasteiger partial charge in [-0.05, 0) is 20.0 Å². The van der Waals surface area contributed by atoms with E-state index >= 15 is 0 Å². The zero-order valence-electron chi connectivity index (χ0n) is 9.33. The van der Waals surface area contributed by atoms with Gasteiger partial charge in [-0.15, -0.1) is 11.3 Å². The number of rotatable bonds is 4. The number of likely N-dealkylation sites (N-methyl/N-ethyl adjacent to an activating group) is 1. The third-order valence-corrected chi connectivity index (χ3v) is 3.82. The van der Waals surface area contributed by atoms with Crippen LogP contribution in [-0.4, -0.2) is 23.2 Å².